The first-order chi connectivity index (χ1) is 7.18. The van der Waals surface area contributed by atoms with E-state index in [1.165, 1.54) is 6.92 Å². The van der Waals surface area contributed by atoms with Crippen LogP contribution in [0.2, 0.25) is 0 Å². The first-order valence-electron chi connectivity index (χ1n) is 4.92. The van der Waals surface area contributed by atoms with Crippen molar-refractivity contribution in [1.82, 2.24) is 15.3 Å². The van der Waals surface area contributed by atoms with Gasteiger partial charge in [0.1, 0.15) is 5.78 Å². The summed E-state index contributed by atoms with van der Waals surface area (Å²) in [4.78, 5) is 28.6. The molecule has 0 atom stereocenters. The number of Topliss-reactive ketones (excluding diaryl/α,β-unsaturated/α-hetero) is 1. The van der Waals surface area contributed by atoms with E-state index >= 15 is 0 Å². The molecule has 0 aliphatic rings. The molecule has 1 aromatic rings. The Labute approximate surface area is 88.3 Å². The first-order valence-corrected chi connectivity index (χ1v) is 4.92. The minimum atomic E-state index is -0.0790. The second kappa shape index (κ2) is 5.95. The maximum Gasteiger partial charge on any atom is 0.220 e. The van der Waals surface area contributed by atoms with Crippen LogP contribution in [0.4, 0.5) is 0 Å². The second-order valence-electron chi connectivity index (χ2n) is 3.38. The highest BCUT2D eigenvalue weighted by molar-refractivity contribution is 5.83. The largest absolute Gasteiger partial charge is 0.356 e. The van der Waals surface area contributed by atoms with E-state index in [1.54, 1.807) is 12.5 Å². The molecule has 1 amide bonds. The Morgan fingerprint density at radius 2 is 2.27 bits per heavy atom. The maximum atomic E-state index is 11.2. The number of hydrogen-bond donors (Lipinski definition) is 2. The molecule has 0 unspecified atom stereocenters. The van der Waals surface area contributed by atoms with Gasteiger partial charge in [-0.3, -0.25) is 4.79 Å². The molecule has 2 N–H and O–H groups in total. The monoisotopic (exact) mass is 209 g/mol. The quantitative estimate of drug-likeness (QED) is 0.713. The summed E-state index contributed by atoms with van der Waals surface area (Å²) in [6.45, 7) is 2.05. The van der Waals surface area contributed by atoms with Crippen LogP contribution in [0.1, 0.15) is 25.5 Å². The van der Waals surface area contributed by atoms with Crippen molar-refractivity contribution in [2.75, 3.05) is 6.54 Å². The van der Waals surface area contributed by atoms with Crippen molar-refractivity contribution in [3.63, 3.8) is 0 Å². The SMILES string of the molecule is CC(=O)CCC(=O)NCCc1cnc[nH]1. The van der Waals surface area contributed by atoms with Crippen LogP contribution in [0.25, 0.3) is 0 Å². The van der Waals surface area contributed by atoms with E-state index in [1.807, 2.05) is 0 Å². The van der Waals surface area contributed by atoms with E-state index in [9.17, 15) is 9.59 Å². The lowest BCUT2D eigenvalue weighted by Gasteiger charge is -2.02. The second-order valence-corrected chi connectivity index (χ2v) is 3.38. The van der Waals surface area contributed by atoms with Gasteiger partial charge in [-0.1, -0.05) is 0 Å². The number of ketones is 1. The lowest BCUT2D eigenvalue weighted by Crippen LogP contribution is -2.25. The number of nitrogens with one attached hydrogen (secondary N) is 2. The number of H-pyrrole nitrogens is 1. The van der Waals surface area contributed by atoms with Crippen LogP contribution in [0, 0.1) is 0 Å². The van der Waals surface area contributed by atoms with Gasteiger partial charge in [0.25, 0.3) is 0 Å². The molecule has 0 aromatic carbocycles. The molecule has 0 saturated carbocycles. The van der Waals surface area contributed by atoms with Gasteiger partial charge in [-0.15, -0.1) is 0 Å². The van der Waals surface area contributed by atoms with E-state index in [-0.39, 0.29) is 18.1 Å². The highest BCUT2D eigenvalue weighted by Crippen LogP contribution is 1.92. The van der Waals surface area contributed by atoms with Crippen LogP contribution < -0.4 is 5.32 Å². The van der Waals surface area contributed by atoms with Crippen LogP contribution in [-0.4, -0.2) is 28.2 Å². The Morgan fingerprint density at radius 3 is 2.87 bits per heavy atom. The topological polar surface area (TPSA) is 74.8 Å². The fourth-order valence-electron chi connectivity index (χ4n) is 1.14. The molecule has 0 spiro atoms. The van der Waals surface area contributed by atoms with Crippen LogP contribution in [0.5, 0.6) is 0 Å². The van der Waals surface area contributed by atoms with Crippen LogP contribution in [0.3, 0.4) is 0 Å². The zero-order valence-electron chi connectivity index (χ0n) is 8.75. The summed E-state index contributed by atoms with van der Waals surface area (Å²) < 4.78 is 0. The van der Waals surface area contributed by atoms with E-state index in [2.05, 4.69) is 15.3 Å². The molecule has 0 fully saturated rings. The van der Waals surface area contributed by atoms with Gasteiger partial charge in [0.2, 0.25) is 5.91 Å². The van der Waals surface area contributed by atoms with Crippen molar-refractivity contribution in [3.8, 4) is 0 Å². The molecule has 82 valence electrons. The van der Waals surface area contributed by atoms with Crippen molar-refractivity contribution in [3.05, 3.63) is 18.2 Å². The van der Waals surface area contributed by atoms with Crippen molar-refractivity contribution >= 4 is 11.7 Å². The third-order valence-corrected chi connectivity index (χ3v) is 1.98. The number of carbonyl (C=O) groups is 2. The Hall–Kier alpha value is -1.65. The van der Waals surface area contributed by atoms with Crippen LogP contribution in [-0.2, 0) is 16.0 Å². The lowest BCUT2D eigenvalue weighted by atomic mass is 10.2. The predicted molar refractivity (Wildman–Crippen MR) is 55.2 cm³/mol. The smallest absolute Gasteiger partial charge is 0.220 e. The highest BCUT2D eigenvalue weighted by Gasteiger charge is 2.02. The number of nitrogens with zero attached hydrogens (tertiary/aromatic N) is 1. The summed E-state index contributed by atoms with van der Waals surface area (Å²) in [6.07, 6.45) is 4.65. The van der Waals surface area contributed by atoms with Crippen LogP contribution in [0.15, 0.2) is 12.5 Å². The average molecular weight is 209 g/mol. The molecule has 0 bridgehead atoms. The Bertz CT molecular complexity index is 319. The number of amides is 1. The van der Waals surface area contributed by atoms with E-state index < -0.39 is 0 Å². The Balaban J connectivity index is 2.09. The number of imidazole rings is 1. The maximum absolute atomic E-state index is 11.2. The molecule has 1 heterocycles. The molecule has 5 nitrogen and oxygen atoms in total. The normalized spacial score (nSPS) is 9.93. The van der Waals surface area contributed by atoms with Gasteiger partial charge in [-0.05, 0) is 6.92 Å². The lowest BCUT2D eigenvalue weighted by molar-refractivity contribution is -0.124. The van der Waals surface area contributed by atoms with E-state index in [4.69, 9.17) is 0 Å². The number of aromatic amines is 1. The molecule has 1 rings (SSSR count). The fourth-order valence-corrected chi connectivity index (χ4v) is 1.14. The zero-order chi connectivity index (χ0) is 11.1. The van der Waals surface area contributed by atoms with Crippen LogP contribution >= 0.6 is 0 Å². The van der Waals surface area contributed by atoms with Crippen molar-refractivity contribution in [2.24, 2.45) is 0 Å². The van der Waals surface area contributed by atoms with E-state index in [0.717, 1.165) is 12.1 Å². The predicted octanol–water partition coefficient (Wildman–Crippen LogP) is 0.438. The number of aromatic nitrogens is 2. The number of rotatable bonds is 6. The molecule has 0 radical (unpaired) electrons. The van der Waals surface area contributed by atoms with E-state index in [0.29, 0.717) is 13.0 Å². The molecule has 0 aliphatic heterocycles. The minimum absolute atomic E-state index is 0.0405. The zero-order valence-corrected chi connectivity index (χ0v) is 8.75. The standard InChI is InChI=1S/C10H15N3O2/c1-8(14)2-3-10(15)12-5-4-9-6-11-7-13-9/h6-7H,2-5H2,1H3,(H,11,13)(H,12,15). The molecule has 0 aliphatic carbocycles. The van der Waals surface area contributed by atoms with Gasteiger partial charge in [-0.25, -0.2) is 4.98 Å². The summed E-state index contributed by atoms with van der Waals surface area (Å²) >= 11 is 0. The number of carbonyl (C=O) groups excluding carboxylic acids is 2. The average Bonchev–Trinajstić information content (AvgIpc) is 2.67. The molecule has 1 aromatic heterocycles. The Morgan fingerprint density at radius 1 is 1.47 bits per heavy atom. The highest BCUT2D eigenvalue weighted by atomic mass is 16.2. The summed E-state index contributed by atoms with van der Waals surface area (Å²) in [5.41, 5.74) is 0.988. The fraction of sp³-hybridized carbons (Fsp3) is 0.500. The van der Waals surface area contributed by atoms with Crippen molar-refractivity contribution < 1.29 is 9.59 Å². The molecule has 5 heteroatoms. The first kappa shape index (κ1) is 11.4. The molecule has 0 saturated heterocycles. The molecule has 15 heavy (non-hydrogen) atoms. The van der Waals surface area contributed by atoms with Crippen molar-refractivity contribution in [1.29, 1.82) is 0 Å². The Kier molecular flexibility index (Phi) is 4.53. The van der Waals surface area contributed by atoms with Gasteiger partial charge in [0.05, 0.1) is 6.33 Å². The minimum Gasteiger partial charge on any atom is -0.356 e. The van der Waals surface area contributed by atoms with Gasteiger partial charge >= 0.3 is 0 Å². The molecular weight excluding hydrogens is 194 g/mol. The number of hydrogen-bond acceptors (Lipinski definition) is 3. The van der Waals surface area contributed by atoms with Gasteiger partial charge in [0.15, 0.2) is 0 Å². The summed E-state index contributed by atoms with van der Waals surface area (Å²) in [6, 6.07) is 0. The van der Waals surface area contributed by atoms with Gasteiger partial charge in [0, 0.05) is 37.7 Å². The van der Waals surface area contributed by atoms with Gasteiger partial charge < -0.3 is 15.1 Å². The molecular formula is C10H15N3O2. The third kappa shape index (κ3) is 4.95. The van der Waals surface area contributed by atoms with Crippen molar-refractivity contribution in [2.45, 2.75) is 26.2 Å². The third-order valence-electron chi connectivity index (χ3n) is 1.98. The van der Waals surface area contributed by atoms with Gasteiger partial charge in [-0.2, -0.15) is 0 Å². The summed E-state index contributed by atoms with van der Waals surface area (Å²) in [5.74, 6) is -0.0385. The summed E-state index contributed by atoms with van der Waals surface area (Å²) in [7, 11) is 0. The summed E-state index contributed by atoms with van der Waals surface area (Å²) in [5, 5.41) is 2.74.